The molecule has 0 radical (unpaired) electrons. The van der Waals surface area contributed by atoms with Crippen molar-refractivity contribution in [3.63, 3.8) is 0 Å². The smallest absolute Gasteiger partial charge is 0.222 e. The second-order valence-corrected chi connectivity index (χ2v) is 5.57. The Kier molecular flexibility index (Phi) is 4.55. The minimum absolute atomic E-state index is 0.0138. The second kappa shape index (κ2) is 6.16. The van der Waals surface area contributed by atoms with Crippen LogP contribution in [0.1, 0.15) is 31.7 Å². The first kappa shape index (κ1) is 14.0. The Morgan fingerprint density at radius 3 is 2.95 bits per heavy atom. The molecule has 0 amide bonds. The van der Waals surface area contributed by atoms with Gasteiger partial charge < -0.3 is 16.2 Å². The van der Waals surface area contributed by atoms with Crippen LogP contribution in [-0.4, -0.2) is 27.7 Å². The number of aryl methyl sites for hydroxylation is 1. The molecular formula is C13H20N4OS. The van der Waals surface area contributed by atoms with Crippen molar-refractivity contribution in [1.82, 2.24) is 9.97 Å². The third kappa shape index (κ3) is 3.13. The molecule has 4 N–H and O–H groups in total. The standard InChI is InChI=1S/C13H20N4OS/c1-3-4-5-9(6-18)15-12-11-10(8(2)7-19-11)16-13(14)17-12/h7,9,18H,3-6H2,1-2H3,(H3,14,15,16,17)/t9-/m1/s1. The summed E-state index contributed by atoms with van der Waals surface area (Å²) in [5, 5.41) is 14.8. The molecule has 0 unspecified atom stereocenters. The first-order chi connectivity index (χ1) is 9.15. The lowest BCUT2D eigenvalue weighted by atomic mass is 10.1. The fraction of sp³-hybridized carbons (Fsp3) is 0.538. The SMILES string of the molecule is CCCC[C@H](CO)Nc1nc(N)nc2c(C)csc12. The highest BCUT2D eigenvalue weighted by atomic mass is 32.1. The molecule has 1 atom stereocenters. The number of hydrogen-bond acceptors (Lipinski definition) is 6. The van der Waals surface area contributed by atoms with Gasteiger partial charge in [0.2, 0.25) is 5.95 Å². The summed E-state index contributed by atoms with van der Waals surface area (Å²) in [5.74, 6) is 0.999. The summed E-state index contributed by atoms with van der Waals surface area (Å²) in [4.78, 5) is 8.53. The Morgan fingerprint density at radius 1 is 1.47 bits per heavy atom. The molecule has 5 nitrogen and oxygen atoms in total. The Labute approximate surface area is 116 Å². The van der Waals surface area contributed by atoms with E-state index in [2.05, 4.69) is 22.2 Å². The molecule has 6 heteroatoms. The van der Waals surface area contributed by atoms with Crippen LogP contribution in [0.5, 0.6) is 0 Å². The van der Waals surface area contributed by atoms with Gasteiger partial charge in [0, 0.05) is 0 Å². The third-order valence-corrected chi connectivity index (χ3v) is 4.17. The number of thiophene rings is 1. The predicted molar refractivity (Wildman–Crippen MR) is 80.6 cm³/mol. The molecular weight excluding hydrogens is 260 g/mol. The van der Waals surface area contributed by atoms with Crippen molar-refractivity contribution in [3.8, 4) is 0 Å². The number of fused-ring (bicyclic) bond motifs is 1. The van der Waals surface area contributed by atoms with Crippen LogP contribution in [0, 0.1) is 6.92 Å². The molecule has 2 aromatic heterocycles. The van der Waals surface area contributed by atoms with E-state index in [1.807, 2.05) is 12.3 Å². The lowest BCUT2D eigenvalue weighted by Crippen LogP contribution is -2.24. The van der Waals surface area contributed by atoms with Crippen LogP contribution in [0.3, 0.4) is 0 Å². The molecule has 2 heterocycles. The Bertz CT molecular complexity index is 555. The Morgan fingerprint density at radius 2 is 2.26 bits per heavy atom. The number of nitrogen functional groups attached to an aromatic ring is 1. The van der Waals surface area contributed by atoms with Crippen molar-refractivity contribution in [2.24, 2.45) is 0 Å². The number of rotatable bonds is 6. The quantitative estimate of drug-likeness (QED) is 0.757. The van der Waals surface area contributed by atoms with Crippen LogP contribution in [0.25, 0.3) is 10.2 Å². The summed E-state index contributed by atoms with van der Waals surface area (Å²) in [7, 11) is 0. The van der Waals surface area contributed by atoms with Crippen LogP contribution in [0.2, 0.25) is 0 Å². The van der Waals surface area contributed by atoms with Gasteiger partial charge in [0.15, 0.2) is 0 Å². The number of aliphatic hydroxyl groups is 1. The summed E-state index contributed by atoms with van der Waals surface area (Å²) in [6, 6.07) is 0.0138. The monoisotopic (exact) mass is 280 g/mol. The number of nitrogens with zero attached hydrogens (tertiary/aromatic N) is 2. The van der Waals surface area contributed by atoms with Gasteiger partial charge in [-0.1, -0.05) is 19.8 Å². The second-order valence-electron chi connectivity index (χ2n) is 4.69. The van der Waals surface area contributed by atoms with Crippen LogP contribution in [0.15, 0.2) is 5.38 Å². The molecule has 2 aromatic rings. The molecule has 0 fully saturated rings. The predicted octanol–water partition coefficient (Wildman–Crippen LogP) is 2.54. The fourth-order valence-electron chi connectivity index (χ4n) is 2.00. The van der Waals surface area contributed by atoms with Crippen molar-refractivity contribution in [1.29, 1.82) is 0 Å². The lowest BCUT2D eigenvalue weighted by molar-refractivity contribution is 0.267. The van der Waals surface area contributed by atoms with E-state index < -0.39 is 0 Å². The normalized spacial score (nSPS) is 12.8. The molecule has 104 valence electrons. The summed E-state index contributed by atoms with van der Waals surface area (Å²) >= 11 is 1.60. The van der Waals surface area contributed by atoms with Crippen molar-refractivity contribution in [2.45, 2.75) is 39.2 Å². The minimum atomic E-state index is 0.0138. The summed E-state index contributed by atoms with van der Waals surface area (Å²) in [5.41, 5.74) is 7.75. The van der Waals surface area contributed by atoms with Crippen LogP contribution < -0.4 is 11.1 Å². The fourth-order valence-corrected chi connectivity index (χ4v) is 2.94. The summed E-state index contributed by atoms with van der Waals surface area (Å²) < 4.78 is 1.00. The van der Waals surface area contributed by atoms with Gasteiger partial charge in [0.05, 0.1) is 22.9 Å². The van der Waals surface area contributed by atoms with E-state index in [4.69, 9.17) is 5.73 Å². The van der Waals surface area contributed by atoms with E-state index in [1.165, 1.54) is 0 Å². The first-order valence-electron chi connectivity index (χ1n) is 6.54. The number of aliphatic hydroxyl groups excluding tert-OH is 1. The topological polar surface area (TPSA) is 84.1 Å². The van der Waals surface area contributed by atoms with Crippen molar-refractivity contribution >= 4 is 33.3 Å². The average molecular weight is 280 g/mol. The maximum absolute atomic E-state index is 9.43. The zero-order chi connectivity index (χ0) is 13.8. The van der Waals surface area contributed by atoms with E-state index in [-0.39, 0.29) is 18.6 Å². The number of nitrogens with two attached hydrogens (primary N) is 1. The first-order valence-corrected chi connectivity index (χ1v) is 7.42. The molecule has 2 rings (SSSR count). The van der Waals surface area contributed by atoms with Gasteiger partial charge in [-0.05, 0) is 24.3 Å². The van der Waals surface area contributed by atoms with Gasteiger partial charge in [0.1, 0.15) is 5.82 Å². The number of unbranched alkanes of at least 4 members (excludes halogenated alkanes) is 1. The van der Waals surface area contributed by atoms with E-state index in [1.54, 1.807) is 11.3 Å². The zero-order valence-electron chi connectivity index (χ0n) is 11.3. The van der Waals surface area contributed by atoms with E-state index >= 15 is 0 Å². The van der Waals surface area contributed by atoms with Crippen molar-refractivity contribution in [3.05, 3.63) is 10.9 Å². The van der Waals surface area contributed by atoms with Crippen LogP contribution in [-0.2, 0) is 0 Å². The lowest BCUT2D eigenvalue weighted by Gasteiger charge is -2.17. The van der Waals surface area contributed by atoms with Gasteiger partial charge in [-0.3, -0.25) is 0 Å². The molecule has 0 spiro atoms. The highest BCUT2D eigenvalue weighted by molar-refractivity contribution is 7.18. The number of aromatic nitrogens is 2. The van der Waals surface area contributed by atoms with Crippen molar-refractivity contribution in [2.75, 3.05) is 17.7 Å². The molecule has 0 aliphatic carbocycles. The Balaban J connectivity index is 2.28. The summed E-state index contributed by atoms with van der Waals surface area (Å²) in [6.45, 7) is 4.24. The van der Waals surface area contributed by atoms with Gasteiger partial charge >= 0.3 is 0 Å². The maximum atomic E-state index is 9.43. The van der Waals surface area contributed by atoms with E-state index in [0.717, 1.165) is 40.9 Å². The number of hydrogen-bond donors (Lipinski definition) is 3. The molecule has 0 aromatic carbocycles. The zero-order valence-corrected chi connectivity index (χ0v) is 12.1. The number of anilines is 2. The average Bonchev–Trinajstić information content (AvgIpc) is 2.76. The highest BCUT2D eigenvalue weighted by Crippen LogP contribution is 2.30. The van der Waals surface area contributed by atoms with Crippen molar-refractivity contribution < 1.29 is 5.11 Å². The molecule has 0 saturated heterocycles. The van der Waals surface area contributed by atoms with Gasteiger partial charge in [0.25, 0.3) is 0 Å². The van der Waals surface area contributed by atoms with E-state index in [9.17, 15) is 5.11 Å². The Hall–Kier alpha value is -1.40. The molecule has 0 aliphatic heterocycles. The maximum Gasteiger partial charge on any atom is 0.222 e. The summed E-state index contributed by atoms with van der Waals surface area (Å²) in [6.07, 6.45) is 3.10. The minimum Gasteiger partial charge on any atom is -0.394 e. The largest absolute Gasteiger partial charge is 0.394 e. The van der Waals surface area contributed by atoms with E-state index in [0.29, 0.717) is 0 Å². The third-order valence-electron chi connectivity index (χ3n) is 3.08. The van der Waals surface area contributed by atoms with Crippen LogP contribution >= 0.6 is 11.3 Å². The highest BCUT2D eigenvalue weighted by Gasteiger charge is 2.14. The molecule has 0 aliphatic rings. The van der Waals surface area contributed by atoms with Gasteiger partial charge in [-0.25, -0.2) is 4.98 Å². The molecule has 0 bridgehead atoms. The molecule has 0 saturated carbocycles. The number of nitrogens with one attached hydrogen (secondary N) is 1. The van der Waals surface area contributed by atoms with Gasteiger partial charge in [-0.15, -0.1) is 11.3 Å². The molecule has 19 heavy (non-hydrogen) atoms. The van der Waals surface area contributed by atoms with Gasteiger partial charge in [-0.2, -0.15) is 4.98 Å². The van der Waals surface area contributed by atoms with Crippen LogP contribution in [0.4, 0.5) is 11.8 Å².